The summed E-state index contributed by atoms with van der Waals surface area (Å²) >= 11 is 0. The first kappa shape index (κ1) is 11.5. The van der Waals surface area contributed by atoms with E-state index < -0.39 is 37.1 Å². The van der Waals surface area contributed by atoms with Crippen LogP contribution in [0.1, 0.15) is 0 Å². The minimum absolute atomic E-state index is 0.432. The van der Waals surface area contributed by atoms with Crippen LogP contribution >= 0.6 is 0 Å². The van der Waals surface area contributed by atoms with Crippen LogP contribution in [0.4, 0.5) is 0 Å². The third-order valence-corrected chi connectivity index (χ3v) is 2.33. The highest BCUT2D eigenvalue weighted by Gasteiger charge is 2.44. The molecule has 0 aliphatic carbocycles. The third-order valence-electron chi connectivity index (χ3n) is 2.33. The zero-order valence-corrected chi connectivity index (χ0v) is 7.74. The van der Waals surface area contributed by atoms with E-state index in [1.807, 2.05) is 0 Å². The van der Waals surface area contributed by atoms with Gasteiger partial charge in [0.15, 0.2) is 6.29 Å². The molecule has 3 N–H and O–H groups in total. The summed E-state index contributed by atoms with van der Waals surface area (Å²) in [6.45, 7) is -0.432. The summed E-state index contributed by atoms with van der Waals surface area (Å²) in [6.07, 6.45) is -3.88. The molecule has 0 unspecified atom stereocenters. The van der Waals surface area contributed by atoms with Gasteiger partial charge in [-0.1, -0.05) is 0 Å². The SMILES string of the molecule is CO[C@H]1O[C@H](CO)[C@@H](O)[C@H](C=O)[C@@H]1O. The normalized spacial score (nSPS) is 43.6. The lowest BCUT2D eigenvalue weighted by molar-refractivity contribution is -0.276. The molecule has 1 fully saturated rings. The lowest BCUT2D eigenvalue weighted by Gasteiger charge is -2.39. The predicted molar refractivity (Wildman–Crippen MR) is 44.3 cm³/mol. The highest BCUT2D eigenvalue weighted by molar-refractivity contribution is 5.56. The number of aliphatic hydroxyl groups excluding tert-OH is 3. The number of aliphatic hydroxyl groups is 3. The van der Waals surface area contributed by atoms with Crippen molar-refractivity contribution in [2.24, 2.45) is 5.92 Å². The Bertz CT molecular complexity index is 180. The van der Waals surface area contributed by atoms with Crippen LogP contribution in [-0.2, 0) is 14.3 Å². The largest absolute Gasteiger partial charge is 0.394 e. The molecule has 5 atom stereocenters. The molecular formula is C8H14O6. The van der Waals surface area contributed by atoms with Crippen molar-refractivity contribution in [3.63, 3.8) is 0 Å². The maximum Gasteiger partial charge on any atom is 0.184 e. The first-order valence-electron chi connectivity index (χ1n) is 4.26. The average Bonchev–Trinajstić information content (AvgIpc) is 2.19. The van der Waals surface area contributed by atoms with E-state index in [1.54, 1.807) is 0 Å². The maximum absolute atomic E-state index is 10.6. The molecule has 0 aromatic carbocycles. The summed E-state index contributed by atoms with van der Waals surface area (Å²) in [6, 6.07) is 0. The van der Waals surface area contributed by atoms with Gasteiger partial charge in [-0.15, -0.1) is 0 Å². The van der Waals surface area contributed by atoms with E-state index in [0.717, 1.165) is 0 Å². The highest BCUT2D eigenvalue weighted by atomic mass is 16.7. The number of aldehydes is 1. The molecule has 0 aromatic rings. The van der Waals surface area contributed by atoms with E-state index >= 15 is 0 Å². The molecule has 0 radical (unpaired) electrons. The van der Waals surface area contributed by atoms with E-state index in [2.05, 4.69) is 0 Å². The van der Waals surface area contributed by atoms with Crippen LogP contribution in [0.25, 0.3) is 0 Å². The summed E-state index contributed by atoms with van der Waals surface area (Å²) in [7, 11) is 1.31. The van der Waals surface area contributed by atoms with Crippen LogP contribution in [0.2, 0.25) is 0 Å². The molecule has 0 spiro atoms. The second kappa shape index (κ2) is 4.81. The van der Waals surface area contributed by atoms with Gasteiger partial charge in [0.1, 0.15) is 18.5 Å². The Hall–Kier alpha value is -0.530. The Morgan fingerprint density at radius 2 is 2.07 bits per heavy atom. The maximum atomic E-state index is 10.6. The minimum atomic E-state index is -1.21. The zero-order valence-electron chi connectivity index (χ0n) is 7.74. The van der Waals surface area contributed by atoms with Crippen molar-refractivity contribution in [1.29, 1.82) is 0 Å². The molecule has 6 nitrogen and oxygen atoms in total. The Morgan fingerprint density at radius 1 is 1.43 bits per heavy atom. The van der Waals surface area contributed by atoms with Crippen molar-refractivity contribution in [1.82, 2.24) is 0 Å². The molecule has 0 bridgehead atoms. The monoisotopic (exact) mass is 206 g/mol. The molecule has 1 heterocycles. The first-order chi connectivity index (χ1) is 6.65. The highest BCUT2D eigenvalue weighted by Crippen LogP contribution is 2.24. The van der Waals surface area contributed by atoms with E-state index in [1.165, 1.54) is 7.11 Å². The average molecular weight is 206 g/mol. The summed E-state index contributed by atoms with van der Waals surface area (Å²) < 4.78 is 9.77. The van der Waals surface area contributed by atoms with Crippen LogP contribution in [0.3, 0.4) is 0 Å². The Morgan fingerprint density at radius 3 is 2.50 bits per heavy atom. The van der Waals surface area contributed by atoms with E-state index in [4.69, 9.17) is 14.6 Å². The molecule has 0 saturated carbocycles. The van der Waals surface area contributed by atoms with Crippen LogP contribution in [0.15, 0.2) is 0 Å². The van der Waals surface area contributed by atoms with Gasteiger partial charge in [-0.2, -0.15) is 0 Å². The fraction of sp³-hybridized carbons (Fsp3) is 0.875. The lowest BCUT2D eigenvalue weighted by atomic mass is 9.90. The fourth-order valence-corrected chi connectivity index (χ4v) is 1.47. The molecule has 1 saturated heterocycles. The van der Waals surface area contributed by atoms with Crippen LogP contribution in [-0.4, -0.2) is 59.9 Å². The van der Waals surface area contributed by atoms with Crippen molar-refractivity contribution in [2.75, 3.05) is 13.7 Å². The van der Waals surface area contributed by atoms with Crippen LogP contribution < -0.4 is 0 Å². The van der Waals surface area contributed by atoms with Crippen molar-refractivity contribution >= 4 is 6.29 Å². The second-order valence-electron chi connectivity index (χ2n) is 3.16. The van der Waals surface area contributed by atoms with Gasteiger partial charge in [-0.05, 0) is 0 Å². The number of ether oxygens (including phenoxy) is 2. The van der Waals surface area contributed by atoms with Crippen molar-refractivity contribution in [3.8, 4) is 0 Å². The number of rotatable bonds is 3. The fourth-order valence-electron chi connectivity index (χ4n) is 1.47. The van der Waals surface area contributed by atoms with Gasteiger partial charge in [-0.25, -0.2) is 0 Å². The van der Waals surface area contributed by atoms with E-state index in [-0.39, 0.29) is 0 Å². The van der Waals surface area contributed by atoms with E-state index in [9.17, 15) is 15.0 Å². The van der Waals surface area contributed by atoms with Crippen LogP contribution in [0.5, 0.6) is 0 Å². The Balaban J connectivity index is 2.77. The number of carbonyl (C=O) groups excluding carboxylic acids is 1. The Labute approximate surface area is 81.1 Å². The van der Waals surface area contributed by atoms with Gasteiger partial charge in [0.2, 0.25) is 0 Å². The van der Waals surface area contributed by atoms with Gasteiger partial charge in [0.25, 0.3) is 0 Å². The Kier molecular flexibility index (Phi) is 3.97. The third kappa shape index (κ3) is 1.94. The topological polar surface area (TPSA) is 96.2 Å². The first-order valence-corrected chi connectivity index (χ1v) is 4.26. The molecule has 82 valence electrons. The van der Waals surface area contributed by atoms with E-state index in [0.29, 0.717) is 6.29 Å². The zero-order chi connectivity index (χ0) is 10.7. The summed E-state index contributed by atoms with van der Waals surface area (Å²) in [4.78, 5) is 10.6. The minimum Gasteiger partial charge on any atom is -0.394 e. The molecule has 1 rings (SSSR count). The summed E-state index contributed by atoms with van der Waals surface area (Å²) in [5.41, 5.74) is 0. The molecule has 14 heavy (non-hydrogen) atoms. The van der Waals surface area contributed by atoms with Crippen molar-refractivity contribution in [2.45, 2.75) is 24.6 Å². The van der Waals surface area contributed by atoms with Gasteiger partial charge < -0.3 is 29.6 Å². The molecule has 1 aliphatic rings. The van der Waals surface area contributed by atoms with Gasteiger partial charge in [-0.3, -0.25) is 0 Å². The predicted octanol–water partition coefficient (Wildman–Crippen LogP) is -2.11. The lowest BCUT2D eigenvalue weighted by Crippen LogP contribution is -2.56. The van der Waals surface area contributed by atoms with Crippen LogP contribution in [0, 0.1) is 5.92 Å². The smallest absolute Gasteiger partial charge is 0.184 e. The molecule has 6 heteroatoms. The van der Waals surface area contributed by atoms with Crippen molar-refractivity contribution in [3.05, 3.63) is 0 Å². The van der Waals surface area contributed by atoms with Gasteiger partial charge in [0, 0.05) is 7.11 Å². The number of hydrogen-bond acceptors (Lipinski definition) is 6. The molecular weight excluding hydrogens is 192 g/mol. The quantitative estimate of drug-likeness (QED) is 0.457. The number of carbonyl (C=O) groups is 1. The number of hydrogen-bond donors (Lipinski definition) is 3. The van der Waals surface area contributed by atoms with Gasteiger partial charge in [0.05, 0.1) is 18.6 Å². The molecule has 0 aromatic heterocycles. The standard InChI is InChI=1S/C8H14O6/c1-13-8-7(12)4(2-9)6(11)5(3-10)14-8/h2,4-8,10-12H,3H2,1H3/t4-,5+,6-,7-,8-/m0/s1. The molecule has 1 aliphatic heterocycles. The summed E-state index contributed by atoms with van der Waals surface area (Å²) in [5.74, 6) is -0.995. The molecule has 0 amide bonds. The second-order valence-corrected chi connectivity index (χ2v) is 3.16. The van der Waals surface area contributed by atoms with Gasteiger partial charge >= 0.3 is 0 Å². The van der Waals surface area contributed by atoms with Crippen molar-refractivity contribution < 1.29 is 29.6 Å². The summed E-state index contributed by atoms with van der Waals surface area (Å²) in [5, 5.41) is 27.8. The number of methoxy groups -OCH3 is 1.